The lowest BCUT2D eigenvalue weighted by Gasteiger charge is -2.50. The minimum absolute atomic E-state index is 0. The highest BCUT2D eigenvalue weighted by Crippen LogP contribution is 2.51. The summed E-state index contributed by atoms with van der Waals surface area (Å²) >= 11 is 0. The number of rotatable bonds is 4. The van der Waals surface area contributed by atoms with E-state index in [1.54, 1.807) is 7.11 Å². The van der Waals surface area contributed by atoms with Gasteiger partial charge in [-0.25, -0.2) is 0 Å². The van der Waals surface area contributed by atoms with Gasteiger partial charge in [0.1, 0.15) is 5.75 Å². The Labute approximate surface area is 134 Å². The van der Waals surface area contributed by atoms with Crippen LogP contribution in [0.3, 0.4) is 0 Å². The van der Waals surface area contributed by atoms with Crippen LogP contribution in [-0.2, 0) is 5.60 Å². The third-order valence-corrected chi connectivity index (χ3v) is 4.73. The summed E-state index contributed by atoms with van der Waals surface area (Å²) in [5.41, 5.74) is 0.0893. The van der Waals surface area contributed by atoms with E-state index in [0.29, 0.717) is 0 Å². The number of nitrogens with zero attached hydrogens (tertiary/aromatic N) is 1. The molecule has 1 aromatic carbocycles. The van der Waals surface area contributed by atoms with Crippen molar-refractivity contribution in [3.8, 4) is 5.75 Å². The van der Waals surface area contributed by atoms with Crippen molar-refractivity contribution in [2.45, 2.75) is 38.2 Å². The normalized spacial score (nSPS) is 29.0. The van der Waals surface area contributed by atoms with Crippen molar-refractivity contribution in [2.24, 2.45) is 5.41 Å². The first kappa shape index (κ1) is 18.3. The molecule has 0 saturated heterocycles. The molecule has 0 heterocycles. The first-order valence-corrected chi connectivity index (χ1v) is 7.43. The predicted molar refractivity (Wildman–Crippen MR) is 89.3 cm³/mol. The summed E-state index contributed by atoms with van der Waals surface area (Å²) in [6, 6.07) is 7.91. The molecule has 1 saturated carbocycles. The average molecular weight is 314 g/mol. The minimum atomic E-state index is -0.774. The fraction of sp³-hybridized carbons (Fsp3) is 0.647. The van der Waals surface area contributed by atoms with Crippen LogP contribution in [0.2, 0.25) is 0 Å². The quantitative estimate of drug-likeness (QED) is 0.924. The maximum atomic E-state index is 11.4. The monoisotopic (exact) mass is 313 g/mol. The first-order chi connectivity index (χ1) is 9.41. The molecule has 0 aliphatic heterocycles. The molecule has 1 fully saturated rings. The largest absolute Gasteiger partial charge is 0.497 e. The van der Waals surface area contributed by atoms with Gasteiger partial charge in [-0.1, -0.05) is 31.9 Å². The Kier molecular flexibility index (Phi) is 6.09. The summed E-state index contributed by atoms with van der Waals surface area (Å²) in [7, 11) is 5.82. The molecular formula is C17H28ClNO2. The third kappa shape index (κ3) is 3.53. The number of benzene rings is 1. The Morgan fingerprint density at radius 1 is 1.24 bits per heavy atom. The second-order valence-electron chi connectivity index (χ2n) is 6.60. The Morgan fingerprint density at radius 3 is 2.52 bits per heavy atom. The lowest BCUT2D eigenvalue weighted by Crippen LogP contribution is -2.51. The van der Waals surface area contributed by atoms with Crippen molar-refractivity contribution in [1.29, 1.82) is 0 Å². The van der Waals surface area contributed by atoms with Crippen LogP contribution in [-0.4, -0.2) is 37.8 Å². The van der Waals surface area contributed by atoms with Crippen LogP contribution in [0, 0.1) is 5.41 Å². The molecule has 1 aliphatic rings. The van der Waals surface area contributed by atoms with Crippen LogP contribution >= 0.6 is 12.4 Å². The molecule has 120 valence electrons. The Bertz CT molecular complexity index is 466. The number of hydrogen-bond donors (Lipinski definition) is 1. The van der Waals surface area contributed by atoms with E-state index in [4.69, 9.17) is 4.74 Å². The number of halogens is 1. The molecule has 1 aliphatic carbocycles. The van der Waals surface area contributed by atoms with Crippen LogP contribution in [0.15, 0.2) is 24.3 Å². The first-order valence-electron chi connectivity index (χ1n) is 7.43. The van der Waals surface area contributed by atoms with E-state index in [2.05, 4.69) is 25.9 Å². The van der Waals surface area contributed by atoms with Crippen molar-refractivity contribution in [2.75, 3.05) is 27.7 Å². The van der Waals surface area contributed by atoms with E-state index in [1.165, 1.54) is 6.42 Å². The average Bonchev–Trinajstić information content (AvgIpc) is 2.41. The van der Waals surface area contributed by atoms with Crippen molar-refractivity contribution >= 4 is 12.4 Å². The van der Waals surface area contributed by atoms with E-state index in [-0.39, 0.29) is 17.8 Å². The smallest absolute Gasteiger partial charge is 0.119 e. The summed E-state index contributed by atoms with van der Waals surface area (Å²) < 4.78 is 5.32. The molecule has 0 amide bonds. The SMILES string of the molecule is COc1cccc([C@@]2(O)CCCC[C@]2(C)CN(C)C)c1.Cl. The van der Waals surface area contributed by atoms with Gasteiger partial charge in [0, 0.05) is 12.0 Å². The molecule has 0 radical (unpaired) electrons. The standard InChI is InChI=1S/C17H27NO2.ClH/c1-16(13-18(2)3)10-5-6-11-17(16,19)14-8-7-9-15(12-14)20-4;/h7-9,12,19H,5-6,10-11,13H2,1-4H3;1H/t16-,17+;/m1./s1. The van der Waals surface area contributed by atoms with Gasteiger partial charge >= 0.3 is 0 Å². The predicted octanol–water partition coefficient (Wildman–Crippen LogP) is 3.45. The van der Waals surface area contributed by atoms with Gasteiger partial charge in [-0.15, -0.1) is 12.4 Å². The van der Waals surface area contributed by atoms with Crippen molar-refractivity contribution in [1.82, 2.24) is 4.90 Å². The minimum Gasteiger partial charge on any atom is -0.497 e. The molecule has 0 bridgehead atoms. The summed E-state index contributed by atoms with van der Waals surface area (Å²) in [6.45, 7) is 3.10. The molecule has 1 aromatic rings. The van der Waals surface area contributed by atoms with E-state index in [0.717, 1.165) is 37.1 Å². The molecule has 21 heavy (non-hydrogen) atoms. The molecule has 3 nitrogen and oxygen atoms in total. The maximum Gasteiger partial charge on any atom is 0.119 e. The van der Waals surface area contributed by atoms with Gasteiger partial charge in [0.2, 0.25) is 0 Å². The van der Waals surface area contributed by atoms with Gasteiger partial charge in [-0.05, 0) is 44.6 Å². The van der Waals surface area contributed by atoms with E-state index in [9.17, 15) is 5.11 Å². The highest BCUT2D eigenvalue weighted by molar-refractivity contribution is 5.85. The van der Waals surface area contributed by atoms with Crippen LogP contribution < -0.4 is 4.74 Å². The number of methoxy groups -OCH3 is 1. The molecule has 4 heteroatoms. The van der Waals surface area contributed by atoms with Crippen molar-refractivity contribution in [3.63, 3.8) is 0 Å². The van der Waals surface area contributed by atoms with Gasteiger partial charge in [0.05, 0.1) is 12.7 Å². The van der Waals surface area contributed by atoms with Gasteiger partial charge < -0.3 is 14.7 Å². The summed E-state index contributed by atoms with van der Waals surface area (Å²) in [6.07, 6.45) is 4.15. The molecule has 2 rings (SSSR count). The van der Waals surface area contributed by atoms with Gasteiger partial charge in [-0.2, -0.15) is 0 Å². The van der Waals surface area contributed by atoms with Crippen LogP contribution in [0.25, 0.3) is 0 Å². The van der Waals surface area contributed by atoms with Gasteiger partial charge in [0.25, 0.3) is 0 Å². The van der Waals surface area contributed by atoms with Crippen molar-refractivity contribution in [3.05, 3.63) is 29.8 Å². The molecule has 0 spiro atoms. The zero-order valence-corrected chi connectivity index (χ0v) is 14.4. The second kappa shape index (κ2) is 6.99. The fourth-order valence-corrected chi connectivity index (χ4v) is 3.69. The number of hydrogen-bond acceptors (Lipinski definition) is 3. The third-order valence-electron chi connectivity index (χ3n) is 4.73. The summed E-state index contributed by atoms with van der Waals surface area (Å²) in [4.78, 5) is 2.18. The van der Waals surface area contributed by atoms with E-state index in [1.807, 2.05) is 24.3 Å². The fourth-order valence-electron chi connectivity index (χ4n) is 3.69. The highest BCUT2D eigenvalue weighted by Gasteiger charge is 2.49. The molecular weight excluding hydrogens is 286 g/mol. The van der Waals surface area contributed by atoms with E-state index < -0.39 is 5.60 Å². The zero-order chi connectivity index (χ0) is 14.8. The lowest BCUT2D eigenvalue weighted by atomic mass is 9.61. The van der Waals surface area contributed by atoms with Crippen LogP contribution in [0.5, 0.6) is 5.75 Å². The van der Waals surface area contributed by atoms with Gasteiger partial charge in [0.15, 0.2) is 0 Å². The Balaban J connectivity index is 0.00000220. The molecule has 1 N–H and O–H groups in total. The summed E-state index contributed by atoms with van der Waals surface area (Å²) in [5, 5.41) is 11.4. The Morgan fingerprint density at radius 2 is 1.90 bits per heavy atom. The lowest BCUT2D eigenvalue weighted by molar-refractivity contribution is -0.121. The summed E-state index contributed by atoms with van der Waals surface area (Å²) in [5.74, 6) is 0.814. The molecule has 0 unspecified atom stereocenters. The van der Waals surface area contributed by atoms with Crippen LogP contribution in [0.1, 0.15) is 38.2 Å². The second-order valence-corrected chi connectivity index (χ2v) is 6.60. The van der Waals surface area contributed by atoms with Crippen molar-refractivity contribution < 1.29 is 9.84 Å². The number of ether oxygens (including phenoxy) is 1. The number of aliphatic hydroxyl groups is 1. The van der Waals surface area contributed by atoms with Gasteiger partial charge in [-0.3, -0.25) is 0 Å². The topological polar surface area (TPSA) is 32.7 Å². The maximum absolute atomic E-state index is 11.4. The Hall–Kier alpha value is -0.770. The zero-order valence-electron chi connectivity index (χ0n) is 13.6. The highest BCUT2D eigenvalue weighted by atomic mass is 35.5. The van der Waals surface area contributed by atoms with Crippen LogP contribution in [0.4, 0.5) is 0 Å². The molecule has 0 aromatic heterocycles. The van der Waals surface area contributed by atoms with E-state index >= 15 is 0 Å². The molecule has 2 atom stereocenters.